The normalized spacial score (nSPS) is 34.3. The Labute approximate surface area is 95.9 Å². The minimum atomic E-state index is -2.53. The van der Waals surface area contributed by atoms with Crippen molar-refractivity contribution in [1.82, 2.24) is 4.90 Å². The Morgan fingerprint density at radius 1 is 1.31 bits per heavy atom. The SMILES string of the molecule is CC(C)(C)OC[C@@]12CCCN1CC(F)(F)C2. The highest BCUT2D eigenvalue weighted by molar-refractivity contribution is 5.06. The van der Waals surface area contributed by atoms with Crippen molar-refractivity contribution in [1.29, 1.82) is 0 Å². The Morgan fingerprint density at radius 2 is 2.00 bits per heavy atom. The molecule has 0 aromatic carbocycles. The zero-order valence-corrected chi connectivity index (χ0v) is 10.4. The van der Waals surface area contributed by atoms with E-state index in [0.29, 0.717) is 6.61 Å². The van der Waals surface area contributed by atoms with Crippen LogP contribution in [0.4, 0.5) is 8.78 Å². The molecule has 0 bridgehead atoms. The first kappa shape index (κ1) is 12.2. The molecule has 0 amide bonds. The molecular formula is C12H21F2NO. The highest BCUT2D eigenvalue weighted by atomic mass is 19.3. The lowest BCUT2D eigenvalue weighted by Gasteiger charge is -2.34. The summed E-state index contributed by atoms with van der Waals surface area (Å²) in [5.74, 6) is -2.53. The third-order valence-electron chi connectivity index (χ3n) is 3.52. The lowest BCUT2D eigenvalue weighted by Crippen LogP contribution is -2.44. The molecular weight excluding hydrogens is 212 g/mol. The molecule has 16 heavy (non-hydrogen) atoms. The molecule has 2 aliphatic heterocycles. The van der Waals surface area contributed by atoms with E-state index in [2.05, 4.69) is 0 Å². The summed E-state index contributed by atoms with van der Waals surface area (Å²) in [5.41, 5.74) is -0.641. The lowest BCUT2D eigenvalue weighted by atomic mass is 9.94. The summed E-state index contributed by atoms with van der Waals surface area (Å²) >= 11 is 0. The largest absolute Gasteiger partial charge is 0.374 e. The maximum atomic E-state index is 13.4. The quantitative estimate of drug-likeness (QED) is 0.727. The first-order valence-corrected chi connectivity index (χ1v) is 5.99. The van der Waals surface area contributed by atoms with Gasteiger partial charge in [-0.3, -0.25) is 4.90 Å². The molecule has 0 aliphatic carbocycles. The number of nitrogens with zero attached hydrogens (tertiary/aromatic N) is 1. The summed E-state index contributed by atoms with van der Waals surface area (Å²) in [7, 11) is 0. The second-order valence-corrected chi connectivity index (χ2v) is 6.18. The van der Waals surface area contributed by atoms with Gasteiger partial charge in [-0.2, -0.15) is 0 Å². The molecule has 0 spiro atoms. The Balaban J connectivity index is 2.05. The molecule has 0 aromatic heterocycles. The standard InChI is InChI=1S/C12H21F2NO/c1-10(2,3)16-9-11-5-4-6-15(11)8-12(13,14)7-11/h4-9H2,1-3H3/t11-/m0/s1. The van der Waals surface area contributed by atoms with E-state index in [9.17, 15) is 8.78 Å². The summed E-state index contributed by atoms with van der Waals surface area (Å²) in [6, 6.07) is 0. The van der Waals surface area contributed by atoms with Crippen molar-refractivity contribution in [2.24, 2.45) is 0 Å². The van der Waals surface area contributed by atoms with Crippen LogP contribution in [-0.4, -0.2) is 41.7 Å². The summed E-state index contributed by atoms with van der Waals surface area (Å²) in [6.45, 7) is 7.05. The Morgan fingerprint density at radius 3 is 2.62 bits per heavy atom. The first-order chi connectivity index (χ1) is 7.23. The number of fused-ring (bicyclic) bond motifs is 1. The van der Waals surface area contributed by atoms with Crippen LogP contribution in [-0.2, 0) is 4.74 Å². The molecule has 0 unspecified atom stereocenters. The Kier molecular flexibility index (Phi) is 2.78. The average Bonchev–Trinajstić information content (AvgIpc) is 2.52. The second-order valence-electron chi connectivity index (χ2n) is 6.18. The van der Waals surface area contributed by atoms with E-state index in [0.717, 1.165) is 19.4 Å². The molecule has 1 atom stereocenters. The summed E-state index contributed by atoms with van der Waals surface area (Å²) in [5, 5.41) is 0. The molecule has 2 nitrogen and oxygen atoms in total. The number of ether oxygens (including phenoxy) is 1. The summed E-state index contributed by atoms with van der Waals surface area (Å²) < 4.78 is 32.6. The van der Waals surface area contributed by atoms with E-state index in [4.69, 9.17) is 4.74 Å². The van der Waals surface area contributed by atoms with Crippen LogP contribution in [0.5, 0.6) is 0 Å². The van der Waals surface area contributed by atoms with E-state index in [-0.39, 0.29) is 18.6 Å². The van der Waals surface area contributed by atoms with Crippen LogP contribution in [0, 0.1) is 0 Å². The van der Waals surface area contributed by atoms with Crippen LogP contribution in [0.15, 0.2) is 0 Å². The minimum Gasteiger partial charge on any atom is -0.374 e. The van der Waals surface area contributed by atoms with Gasteiger partial charge in [0.2, 0.25) is 0 Å². The predicted molar refractivity (Wildman–Crippen MR) is 58.8 cm³/mol. The highest BCUT2D eigenvalue weighted by Crippen LogP contribution is 2.46. The second kappa shape index (κ2) is 3.64. The van der Waals surface area contributed by atoms with Crippen LogP contribution >= 0.6 is 0 Å². The Hall–Kier alpha value is -0.220. The third kappa shape index (κ3) is 2.38. The summed E-state index contributed by atoms with van der Waals surface area (Å²) in [4.78, 5) is 1.93. The fourth-order valence-electron chi connectivity index (χ4n) is 2.82. The maximum Gasteiger partial charge on any atom is 0.262 e. The van der Waals surface area contributed by atoms with Gasteiger partial charge in [0.1, 0.15) is 0 Å². The van der Waals surface area contributed by atoms with Crippen molar-refractivity contribution < 1.29 is 13.5 Å². The lowest BCUT2D eigenvalue weighted by molar-refractivity contribution is -0.0558. The number of alkyl halides is 2. The van der Waals surface area contributed by atoms with Crippen LogP contribution in [0.3, 0.4) is 0 Å². The van der Waals surface area contributed by atoms with Crippen LogP contribution in [0.1, 0.15) is 40.0 Å². The molecule has 2 fully saturated rings. The fourth-order valence-corrected chi connectivity index (χ4v) is 2.82. The topological polar surface area (TPSA) is 12.5 Å². The third-order valence-corrected chi connectivity index (χ3v) is 3.52. The van der Waals surface area contributed by atoms with Crippen LogP contribution in [0.25, 0.3) is 0 Å². The van der Waals surface area contributed by atoms with Gasteiger partial charge >= 0.3 is 0 Å². The minimum absolute atomic E-state index is 0.0317. The average molecular weight is 233 g/mol. The first-order valence-electron chi connectivity index (χ1n) is 5.99. The van der Waals surface area contributed by atoms with E-state index in [1.165, 1.54) is 0 Å². The van der Waals surface area contributed by atoms with Gasteiger partial charge in [-0.25, -0.2) is 8.78 Å². The van der Waals surface area contributed by atoms with E-state index >= 15 is 0 Å². The number of halogens is 2. The predicted octanol–water partition coefficient (Wildman–Crippen LogP) is 2.68. The molecule has 2 aliphatic rings. The van der Waals surface area contributed by atoms with Gasteiger partial charge in [-0.15, -0.1) is 0 Å². The fraction of sp³-hybridized carbons (Fsp3) is 1.00. The van der Waals surface area contributed by atoms with Crippen molar-refractivity contribution in [3.63, 3.8) is 0 Å². The van der Waals surface area contributed by atoms with Crippen molar-refractivity contribution in [2.45, 2.75) is 57.1 Å². The Bertz CT molecular complexity index is 275. The number of hydrogen-bond donors (Lipinski definition) is 0. The van der Waals surface area contributed by atoms with Gasteiger partial charge in [0, 0.05) is 6.42 Å². The van der Waals surface area contributed by atoms with Crippen molar-refractivity contribution in [2.75, 3.05) is 19.7 Å². The van der Waals surface area contributed by atoms with E-state index in [1.54, 1.807) is 0 Å². The molecule has 0 saturated carbocycles. The molecule has 94 valence electrons. The maximum absolute atomic E-state index is 13.4. The number of rotatable bonds is 2. The molecule has 2 heterocycles. The van der Waals surface area contributed by atoms with Gasteiger partial charge < -0.3 is 4.74 Å². The number of hydrogen-bond acceptors (Lipinski definition) is 2. The summed E-state index contributed by atoms with van der Waals surface area (Å²) in [6.07, 6.45) is 1.83. The molecule has 0 radical (unpaired) electrons. The van der Waals surface area contributed by atoms with Crippen LogP contribution in [0.2, 0.25) is 0 Å². The van der Waals surface area contributed by atoms with Crippen molar-refractivity contribution in [3.8, 4) is 0 Å². The van der Waals surface area contributed by atoms with Crippen LogP contribution < -0.4 is 0 Å². The van der Waals surface area contributed by atoms with Gasteiger partial charge in [-0.1, -0.05) is 0 Å². The van der Waals surface area contributed by atoms with Crippen molar-refractivity contribution in [3.05, 3.63) is 0 Å². The molecule has 2 rings (SSSR count). The zero-order valence-electron chi connectivity index (χ0n) is 10.4. The van der Waals surface area contributed by atoms with E-state index in [1.807, 2.05) is 25.7 Å². The highest BCUT2D eigenvalue weighted by Gasteiger charge is 2.56. The van der Waals surface area contributed by atoms with Crippen molar-refractivity contribution >= 4 is 0 Å². The molecule has 2 saturated heterocycles. The zero-order chi connectivity index (χ0) is 12.0. The van der Waals surface area contributed by atoms with Gasteiger partial charge in [0.15, 0.2) is 0 Å². The van der Waals surface area contributed by atoms with Gasteiger partial charge in [0.05, 0.1) is 24.3 Å². The smallest absolute Gasteiger partial charge is 0.262 e. The molecule has 0 aromatic rings. The molecule has 4 heteroatoms. The van der Waals surface area contributed by atoms with E-state index < -0.39 is 11.5 Å². The molecule has 0 N–H and O–H groups in total. The van der Waals surface area contributed by atoms with Gasteiger partial charge in [-0.05, 0) is 40.2 Å². The van der Waals surface area contributed by atoms with Gasteiger partial charge in [0.25, 0.3) is 5.92 Å². The monoisotopic (exact) mass is 233 g/mol.